The minimum atomic E-state index is -3.97. The molecule has 0 aliphatic carbocycles. The molecule has 21 heavy (non-hydrogen) atoms. The highest BCUT2D eigenvalue weighted by molar-refractivity contribution is 7.92. The number of nitrogens with one attached hydrogen (secondary N) is 1. The monoisotopic (exact) mass is 331 g/mol. The summed E-state index contributed by atoms with van der Waals surface area (Å²) in [5.74, 6) is -0.380. The first-order valence-electron chi connectivity index (χ1n) is 5.64. The van der Waals surface area contributed by atoms with Crippen LogP contribution in [0.1, 0.15) is 0 Å². The van der Waals surface area contributed by atoms with Crippen LogP contribution in [-0.4, -0.2) is 38.0 Å². The summed E-state index contributed by atoms with van der Waals surface area (Å²) in [6, 6.07) is 3.35. The molecule has 0 aliphatic heterocycles. The molecule has 0 atom stereocenters. The molecule has 0 radical (unpaired) electrons. The largest absolute Gasteiger partial charge is 0.506 e. The van der Waals surface area contributed by atoms with Gasteiger partial charge in [0.1, 0.15) is 10.6 Å². The summed E-state index contributed by atoms with van der Waals surface area (Å²) in [4.78, 5) is -0.210. The average Bonchev–Trinajstić information content (AvgIpc) is 2.78. The third-order valence-electron chi connectivity index (χ3n) is 2.63. The minimum Gasteiger partial charge on any atom is -0.506 e. The Morgan fingerprint density at radius 3 is 2.38 bits per heavy atom. The van der Waals surface area contributed by atoms with Gasteiger partial charge in [0.15, 0.2) is 9.84 Å². The van der Waals surface area contributed by atoms with Gasteiger partial charge < -0.3 is 5.11 Å². The van der Waals surface area contributed by atoms with Gasteiger partial charge in [-0.25, -0.2) is 16.8 Å². The van der Waals surface area contributed by atoms with E-state index in [4.69, 9.17) is 0 Å². The molecule has 10 heteroatoms. The summed E-state index contributed by atoms with van der Waals surface area (Å²) in [6.07, 6.45) is 3.40. The Morgan fingerprint density at radius 2 is 1.86 bits per heavy atom. The zero-order valence-corrected chi connectivity index (χ0v) is 12.8. The minimum absolute atomic E-state index is 0.103. The quantitative estimate of drug-likeness (QED) is 0.779. The number of aryl methyl sites for hydroxylation is 1. The van der Waals surface area contributed by atoms with Crippen molar-refractivity contribution in [3.8, 4) is 5.75 Å². The Balaban J connectivity index is 2.44. The van der Waals surface area contributed by atoms with Crippen LogP contribution in [-0.2, 0) is 26.9 Å². The Hall–Kier alpha value is -2.07. The van der Waals surface area contributed by atoms with Crippen LogP contribution in [0, 0.1) is 0 Å². The van der Waals surface area contributed by atoms with Crippen molar-refractivity contribution in [3.05, 3.63) is 30.6 Å². The Kier molecular flexibility index (Phi) is 3.68. The van der Waals surface area contributed by atoms with Gasteiger partial charge in [-0.05, 0) is 18.2 Å². The van der Waals surface area contributed by atoms with Crippen LogP contribution < -0.4 is 4.72 Å². The fourth-order valence-corrected chi connectivity index (χ4v) is 3.26. The fourth-order valence-electron chi connectivity index (χ4n) is 1.57. The number of phenolic OH excluding ortho intramolecular Hbond substituents is 1. The number of sulfone groups is 1. The van der Waals surface area contributed by atoms with Crippen LogP contribution in [0.2, 0.25) is 0 Å². The molecule has 0 unspecified atom stereocenters. The Morgan fingerprint density at radius 1 is 1.19 bits per heavy atom. The fraction of sp³-hybridized carbons (Fsp3) is 0.182. The van der Waals surface area contributed by atoms with Crippen molar-refractivity contribution in [2.45, 2.75) is 9.79 Å². The van der Waals surface area contributed by atoms with Crippen LogP contribution in [0.3, 0.4) is 0 Å². The maximum Gasteiger partial charge on any atom is 0.265 e. The van der Waals surface area contributed by atoms with Crippen molar-refractivity contribution in [3.63, 3.8) is 0 Å². The molecule has 8 nitrogen and oxygen atoms in total. The third kappa shape index (κ3) is 3.34. The summed E-state index contributed by atoms with van der Waals surface area (Å²) in [5, 5.41) is 13.4. The smallest absolute Gasteiger partial charge is 0.265 e. The van der Waals surface area contributed by atoms with E-state index in [0.717, 1.165) is 24.6 Å². The third-order valence-corrected chi connectivity index (χ3v) is 5.06. The molecule has 1 heterocycles. The second kappa shape index (κ2) is 5.04. The van der Waals surface area contributed by atoms with E-state index in [0.29, 0.717) is 0 Å². The average molecular weight is 331 g/mol. The molecule has 0 saturated carbocycles. The summed E-state index contributed by atoms with van der Waals surface area (Å²) >= 11 is 0. The van der Waals surface area contributed by atoms with Crippen LogP contribution >= 0.6 is 0 Å². The number of aromatic hydroxyl groups is 1. The van der Waals surface area contributed by atoms with E-state index in [-0.39, 0.29) is 21.2 Å². The van der Waals surface area contributed by atoms with Crippen molar-refractivity contribution < 1.29 is 21.9 Å². The summed E-state index contributed by atoms with van der Waals surface area (Å²) < 4.78 is 50.6. The number of nitrogens with zero attached hydrogens (tertiary/aromatic N) is 2. The Bertz CT molecular complexity index is 884. The van der Waals surface area contributed by atoms with E-state index >= 15 is 0 Å². The van der Waals surface area contributed by atoms with E-state index < -0.39 is 19.9 Å². The maximum absolute atomic E-state index is 12.1. The lowest BCUT2D eigenvalue weighted by molar-refractivity contribution is 0.477. The molecular formula is C11H13N3O5S2. The summed E-state index contributed by atoms with van der Waals surface area (Å²) in [6.45, 7) is 0. The van der Waals surface area contributed by atoms with Gasteiger partial charge >= 0.3 is 0 Å². The topological polar surface area (TPSA) is 118 Å². The van der Waals surface area contributed by atoms with Gasteiger partial charge in [-0.1, -0.05) is 0 Å². The van der Waals surface area contributed by atoms with Gasteiger partial charge in [-0.2, -0.15) is 5.10 Å². The number of hydrogen-bond acceptors (Lipinski definition) is 6. The second-order valence-electron chi connectivity index (χ2n) is 4.41. The normalized spacial score (nSPS) is 12.3. The zero-order chi connectivity index (χ0) is 15.8. The molecule has 0 fully saturated rings. The lowest BCUT2D eigenvalue weighted by atomic mass is 10.3. The van der Waals surface area contributed by atoms with Gasteiger partial charge in [0, 0.05) is 19.5 Å². The first kappa shape index (κ1) is 15.3. The maximum atomic E-state index is 12.1. The number of rotatable bonds is 4. The molecule has 0 amide bonds. The molecule has 2 rings (SSSR count). The number of sulfonamides is 1. The van der Waals surface area contributed by atoms with E-state index in [1.807, 2.05) is 0 Å². The SMILES string of the molecule is Cn1cc(S(=O)(=O)Nc2cc(S(C)(=O)=O)ccc2O)cn1. The van der Waals surface area contributed by atoms with E-state index in [9.17, 15) is 21.9 Å². The van der Waals surface area contributed by atoms with Gasteiger partial charge in [0.05, 0.1) is 16.8 Å². The standard InChI is InChI=1S/C11H13N3O5S2/c1-14-7-9(6-12-14)21(18,19)13-10-5-8(20(2,16)17)3-4-11(10)15/h3-7,13,15H,1-2H3. The number of phenols is 1. The lowest BCUT2D eigenvalue weighted by Gasteiger charge is -2.09. The zero-order valence-electron chi connectivity index (χ0n) is 11.2. The highest BCUT2D eigenvalue weighted by Gasteiger charge is 2.19. The molecule has 0 aliphatic rings. The molecular weight excluding hydrogens is 318 g/mol. The van der Waals surface area contributed by atoms with E-state index in [1.54, 1.807) is 7.05 Å². The first-order valence-corrected chi connectivity index (χ1v) is 9.01. The number of anilines is 1. The lowest BCUT2D eigenvalue weighted by Crippen LogP contribution is -2.13. The predicted octanol–water partition coefficient (Wildman–Crippen LogP) is 0.330. The molecule has 2 N–H and O–H groups in total. The second-order valence-corrected chi connectivity index (χ2v) is 8.10. The van der Waals surface area contributed by atoms with Crippen LogP contribution in [0.5, 0.6) is 5.75 Å². The van der Waals surface area contributed by atoms with Crippen molar-refractivity contribution in [1.29, 1.82) is 0 Å². The van der Waals surface area contributed by atoms with Crippen LogP contribution in [0.4, 0.5) is 5.69 Å². The predicted molar refractivity (Wildman–Crippen MR) is 75.2 cm³/mol. The molecule has 0 saturated heterocycles. The van der Waals surface area contributed by atoms with Gasteiger partial charge in [0.25, 0.3) is 10.0 Å². The van der Waals surface area contributed by atoms with Crippen molar-refractivity contribution in [1.82, 2.24) is 9.78 Å². The molecule has 0 bridgehead atoms. The van der Waals surface area contributed by atoms with Crippen molar-refractivity contribution >= 4 is 25.5 Å². The van der Waals surface area contributed by atoms with Crippen molar-refractivity contribution in [2.24, 2.45) is 7.05 Å². The molecule has 114 valence electrons. The molecule has 0 spiro atoms. The van der Waals surface area contributed by atoms with E-state index in [2.05, 4.69) is 9.82 Å². The van der Waals surface area contributed by atoms with Gasteiger partial charge in [-0.3, -0.25) is 9.40 Å². The van der Waals surface area contributed by atoms with Crippen molar-refractivity contribution in [2.75, 3.05) is 11.0 Å². The number of aromatic nitrogens is 2. The molecule has 2 aromatic rings. The summed E-state index contributed by atoms with van der Waals surface area (Å²) in [7, 11) is -5.93. The van der Waals surface area contributed by atoms with Crippen LogP contribution in [0.25, 0.3) is 0 Å². The molecule has 1 aromatic carbocycles. The van der Waals surface area contributed by atoms with Crippen LogP contribution in [0.15, 0.2) is 40.4 Å². The number of benzene rings is 1. The highest BCUT2D eigenvalue weighted by Crippen LogP contribution is 2.28. The van der Waals surface area contributed by atoms with E-state index in [1.165, 1.54) is 16.9 Å². The first-order chi connectivity index (χ1) is 9.59. The number of hydrogen-bond donors (Lipinski definition) is 2. The Labute approximate surface area is 122 Å². The molecule has 1 aromatic heterocycles. The highest BCUT2D eigenvalue weighted by atomic mass is 32.2. The summed E-state index contributed by atoms with van der Waals surface area (Å²) in [5.41, 5.74) is -0.221. The van der Waals surface area contributed by atoms with Gasteiger partial charge in [0.2, 0.25) is 0 Å². The van der Waals surface area contributed by atoms with Gasteiger partial charge in [-0.15, -0.1) is 0 Å².